The Bertz CT molecular complexity index is 361. The van der Waals surface area contributed by atoms with Crippen molar-refractivity contribution in [3.05, 3.63) is 24.5 Å². The van der Waals surface area contributed by atoms with Gasteiger partial charge in [-0.3, -0.25) is 0 Å². The maximum atomic E-state index is 10.7. The third kappa shape index (κ3) is 2.35. The second-order valence-electron chi connectivity index (χ2n) is 5.25. The molecule has 3 fully saturated rings. The fraction of sp³-hybridized carbons (Fsp3) is 0.643. The van der Waals surface area contributed by atoms with E-state index in [1.54, 1.807) is 0 Å². The molecule has 0 amide bonds. The molecule has 100 valence electrons. The van der Waals surface area contributed by atoms with Crippen molar-refractivity contribution in [2.75, 3.05) is 6.61 Å². The Labute approximate surface area is 108 Å². The fourth-order valence-electron chi connectivity index (χ4n) is 2.37. The maximum absolute atomic E-state index is 10.7. The Morgan fingerprint density at radius 1 is 1.44 bits per heavy atom. The minimum Gasteiger partial charge on any atom is -0.468 e. The fourth-order valence-corrected chi connectivity index (χ4v) is 2.37. The topological polar surface area (TPSA) is 44.8 Å². The summed E-state index contributed by atoms with van der Waals surface area (Å²) in [6, 6.07) is 0. The average molecular weight is 252 g/mol. The van der Waals surface area contributed by atoms with Crippen LogP contribution in [0.2, 0.25) is 0 Å². The molecule has 0 aromatic rings. The van der Waals surface area contributed by atoms with E-state index in [1.807, 2.05) is 0 Å². The zero-order valence-corrected chi connectivity index (χ0v) is 10.9. The lowest BCUT2D eigenvalue weighted by atomic mass is 9.80. The van der Waals surface area contributed by atoms with Crippen molar-refractivity contribution in [1.29, 1.82) is 0 Å². The van der Waals surface area contributed by atoms with Crippen LogP contribution in [0.3, 0.4) is 0 Å². The molecule has 0 aliphatic carbocycles. The van der Waals surface area contributed by atoms with Gasteiger partial charge in [0.1, 0.15) is 12.0 Å². The van der Waals surface area contributed by atoms with Crippen LogP contribution in [-0.4, -0.2) is 25.5 Å². The number of hydrogen-bond acceptors (Lipinski definition) is 4. The van der Waals surface area contributed by atoms with Crippen LogP contribution in [0, 0.1) is 17.8 Å². The molecule has 3 heterocycles. The molecular weight excluding hydrogens is 232 g/mol. The summed E-state index contributed by atoms with van der Waals surface area (Å²) in [6.07, 6.45) is 0.367. The monoisotopic (exact) mass is 252 g/mol. The van der Waals surface area contributed by atoms with Crippen molar-refractivity contribution in [3.63, 3.8) is 0 Å². The quantitative estimate of drug-likeness (QED) is 0.556. The Hall–Kier alpha value is -1.13. The minimum absolute atomic E-state index is 0.0862. The van der Waals surface area contributed by atoms with Crippen molar-refractivity contribution in [2.24, 2.45) is 17.8 Å². The summed E-state index contributed by atoms with van der Waals surface area (Å²) < 4.78 is 17.0. The predicted octanol–water partition coefficient (Wildman–Crippen LogP) is 2.26. The van der Waals surface area contributed by atoms with Crippen molar-refractivity contribution in [2.45, 2.75) is 32.8 Å². The number of rotatable bonds is 5. The van der Waals surface area contributed by atoms with Crippen molar-refractivity contribution < 1.29 is 19.0 Å². The van der Waals surface area contributed by atoms with Crippen LogP contribution in [0.5, 0.6) is 0 Å². The Balaban J connectivity index is 2.08. The predicted molar refractivity (Wildman–Crippen MR) is 66.5 cm³/mol. The summed E-state index contributed by atoms with van der Waals surface area (Å²) >= 11 is 0. The lowest BCUT2D eigenvalue weighted by molar-refractivity contribution is -0.315. The first-order valence-electron chi connectivity index (χ1n) is 6.29. The summed E-state index contributed by atoms with van der Waals surface area (Å²) in [5.41, 5.74) is 0.934. The van der Waals surface area contributed by atoms with E-state index >= 15 is 0 Å². The molecule has 3 aliphatic heterocycles. The molecule has 18 heavy (non-hydrogen) atoms. The van der Waals surface area contributed by atoms with Crippen molar-refractivity contribution in [1.82, 2.24) is 0 Å². The number of carbonyl (C=O) groups is 1. The Morgan fingerprint density at radius 3 is 2.72 bits per heavy atom. The molecule has 3 rings (SSSR count). The molecule has 2 bridgehead atoms. The smallest absolute Gasteiger partial charge is 0.209 e. The molecule has 0 radical (unpaired) electrons. The van der Waals surface area contributed by atoms with Gasteiger partial charge in [0.2, 0.25) is 6.29 Å². The molecule has 0 N–H and O–H groups in total. The van der Waals surface area contributed by atoms with Gasteiger partial charge in [-0.1, -0.05) is 32.6 Å². The zero-order valence-electron chi connectivity index (χ0n) is 10.9. The van der Waals surface area contributed by atoms with E-state index in [4.69, 9.17) is 14.2 Å². The number of fused-ring (bicyclic) bond motifs is 3. The lowest BCUT2D eigenvalue weighted by Crippen LogP contribution is -2.51. The Kier molecular flexibility index (Phi) is 3.88. The van der Waals surface area contributed by atoms with Gasteiger partial charge in [0, 0.05) is 12.3 Å². The summed E-state index contributed by atoms with van der Waals surface area (Å²) in [7, 11) is 0. The Morgan fingerprint density at radius 2 is 2.17 bits per heavy atom. The highest BCUT2D eigenvalue weighted by Gasteiger charge is 2.49. The molecule has 0 saturated carbocycles. The highest BCUT2D eigenvalue weighted by Crippen LogP contribution is 2.46. The van der Waals surface area contributed by atoms with Gasteiger partial charge >= 0.3 is 0 Å². The molecule has 4 heteroatoms. The molecular formula is C14H20O4. The number of hydrogen-bond donors (Lipinski definition) is 0. The average Bonchev–Trinajstić information content (AvgIpc) is 2.30. The van der Waals surface area contributed by atoms with Crippen molar-refractivity contribution in [3.8, 4) is 0 Å². The summed E-state index contributed by atoms with van der Waals surface area (Å²) in [4.78, 5) is 10.7. The third-order valence-electron chi connectivity index (χ3n) is 3.30. The molecule has 0 spiro atoms. The summed E-state index contributed by atoms with van der Waals surface area (Å²) in [5.74, 6) is 0.810. The molecule has 3 aliphatic rings. The largest absolute Gasteiger partial charge is 0.468 e. The molecule has 0 aromatic heterocycles. The van der Waals surface area contributed by atoms with E-state index in [2.05, 4.69) is 27.0 Å². The van der Waals surface area contributed by atoms with Gasteiger partial charge in [0.25, 0.3) is 0 Å². The number of aldehydes is 1. The van der Waals surface area contributed by atoms with Gasteiger partial charge < -0.3 is 19.0 Å². The highest BCUT2D eigenvalue weighted by molar-refractivity contribution is 5.51. The third-order valence-corrected chi connectivity index (χ3v) is 3.30. The maximum Gasteiger partial charge on any atom is 0.209 e. The normalized spacial score (nSPS) is 34.8. The van der Waals surface area contributed by atoms with Crippen LogP contribution < -0.4 is 0 Å². The first-order chi connectivity index (χ1) is 8.54. The first kappa shape index (κ1) is 13.3. The second kappa shape index (κ2) is 5.24. The first-order valence-corrected chi connectivity index (χ1v) is 6.29. The molecule has 4 atom stereocenters. The van der Waals surface area contributed by atoms with Gasteiger partial charge in [0.05, 0.1) is 12.5 Å². The van der Waals surface area contributed by atoms with Crippen LogP contribution in [0.25, 0.3) is 0 Å². The summed E-state index contributed by atoms with van der Waals surface area (Å²) in [5, 5.41) is 0. The SMILES string of the molecule is C=C1O[C@@H]2O[C@@H](OCC(C)C)[C@H]1C(=C)[C@H]2CC=O. The van der Waals surface area contributed by atoms with Gasteiger partial charge in [-0.2, -0.15) is 0 Å². The number of ether oxygens (including phenoxy) is 3. The standard InChI is InChI=1S/C14H20O4/c1-8(2)7-16-14-12-9(3)11(5-6-15)13(18-14)17-10(12)4/h6,8,11-14H,3-5,7H2,1-2H3/t11-,12+,13-,14-/m1/s1. The van der Waals surface area contributed by atoms with Crippen LogP contribution in [0.4, 0.5) is 0 Å². The van der Waals surface area contributed by atoms with Crippen molar-refractivity contribution >= 4 is 6.29 Å². The van der Waals surface area contributed by atoms with E-state index in [9.17, 15) is 4.79 Å². The van der Waals surface area contributed by atoms with Gasteiger partial charge in [-0.15, -0.1) is 0 Å². The minimum atomic E-state index is -0.489. The van der Waals surface area contributed by atoms with Crippen LogP contribution in [-0.2, 0) is 19.0 Å². The van der Waals surface area contributed by atoms with E-state index < -0.39 is 6.29 Å². The van der Waals surface area contributed by atoms with E-state index in [-0.39, 0.29) is 18.1 Å². The van der Waals surface area contributed by atoms with E-state index in [0.717, 1.165) is 11.9 Å². The van der Waals surface area contributed by atoms with Crippen LogP contribution >= 0.6 is 0 Å². The zero-order chi connectivity index (χ0) is 13.3. The molecule has 0 aromatic carbocycles. The van der Waals surface area contributed by atoms with Crippen LogP contribution in [0.15, 0.2) is 24.5 Å². The van der Waals surface area contributed by atoms with Gasteiger partial charge in [-0.25, -0.2) is 0 Å². The van der Waals surface area contributed by atoms with Gasteiger partial charge in [-0.05, 0) is 5.92 Å². The molecule has 3 saturated heterocycles. The van der Waals surface area contributed by atoms with Gasteiger partial charge in [0.15, 0.2) is 6.29 Å². The highest BCUT2D eigenvalue weighted by atomic mass is 16.8. The van der Waals surface area contributed by atoms with E-state index in [0.29, 0.717) is 24.7 Å². The van der Waals surface area contributed by atoms with E-state index in [1.165, 1.54) is 0 Å². The lowest BCUT2D eigenvalue weighted by Gasteiger charge is -2.48. The second-order valence-corrected chi connectivity index (χ2v) is 5.25. The molecule has 0 unspecified atom stereocenters. The molecule has 4 nitrogen and oxygen atoms in total. The number of carbonyl (C=O) groups excluding carboxylic acids is 1. The van der Waals surface area contributed by atoms with Crippen LogP contribution in [0.1, 0.15) is 20.3 Å². The summed E-state index contributed by atoms with van der Waals surface area (Å²) in [6.45, 7) is 12.7.